The molecule has 1 rings (SSSR count). The van der Waals surface area contributed by atoms with E-state index < -0.39 is 6.03 Å². The van der Waals surface area contributed by atoms with E-state index >= 15 is 0 Å². The average molecular weight is 213 g/mol. The summed E-state index contributed by atoms with van der Waals surface area (Å²) in [4.78, 5) is 10.9. The van der Waals surface area contributed by atoms with Crippen molar-refractivity contribution in [2.45, 2.75) is 46.1 Å². The highest BCUT2D eigenvalue weighted by Crippen LogP contribution is 2.45. The fraction of sp³-hybridized carbons (Fsp3) is 0.909. The normalized spacial score (nSPS) is 34.8. The largest absolute Gasteiger partial charge is 0.352 e. The Bertz CT molecular complexity index is 252. The lowest BCUT2D eigenvalue weighted by Crippen LogP contribution is -2.50. The van der Waals surface area contributed by atoms with Gasteiger partial charge in [-0.25, -0.2) is 4.79 Å². The molecule has 1 fully saturated rings. The summed E-state index contributed by atoms with van der Waals surface area (Å²) in [5, 5.41) is 2.81. The van der Waals surface area contributed by atoms with Crippen LogP contribution in [0.3, 0.4) is 0 Å². The van der Waals surface area contributed by atoms with Crippen LogP contribution < -0.4 is 16.8 Å². The third-order valence-electron chi connectivity index (χ3n) is 3.28. The number of carbonyl (C=O) groups excluding carboxylic acids is 1. The van der Waals surface area contributed by atoms with Gasteiger partial charge in [-0.05, 0) is 36.6 Å². The average Bonchev–Trinajstić information content (AvgIpc) is 1.98. The molecule has 88 valence electrons. The minimum absolute atomic E-state index is 0.120. The van der Waals surface area contributed by atoms with E-state index in [1.807, 2.05) is 0 Å². The Labute approximate surface area is 91.8 Å². The third-order valence-corrected chi connectivity index (χ3v) is 3.28. The Morgan fingerprint density at radius 3 is 2.47 bits per heavy atom. The number of nitrogens with one attached hydrogen (secondary N) is 1. The zero-order valence-corrected chi connectivity index (χ0v) is 9.97. The molecule has 2 unspecified atom stereocenters. The first-order chi connectivity index (χ1) is 6.76. The number of primary amides is 1. The monoisotopic (exact) mass is 213 g/mol. The lowest BCUT2D eigenvalue weighted by Gasteiger charge is -2.46. The second-order valence-electron chi connectivity index (χ2n) is 5.97. The molecular weight excluding hydrogens is 190 g/mol. The Hall–Kier alpha value is -0.770. The maximum atomic E-state index is 10.9. The van der Waals surface area contributed by atoms with Crippen LogP contribution in [-0.2, 0) is 0 Å². The van der Waals surface area contributed by atoms with Gasteiger partial charge in [0, 0.05) is 6.04 Å². The van der Waals surface area contributed by atoms with Gasteiger partial charge in [0.25, 0.3) is 0 Å². The number of carbonyl (C=O) groups is 1. The van der Waals surface area contributed by atoms with E-state index in [1.54, 1.807) is 0 Å². The molecule has 0 spiro atoms. The molecule has 0 aromatic rings. The minimum atomic E-state index is -0.433. The first kappa shape index (κ1) is 12.3. The lowest BCUT2D eigenvalue weighted by atomic mass is 9.63. The number of hydrogen-bond acceptors (Lipinski definition) is 2. The number of nitrogens with two attached hydrogens (primary N) is 2. The minimum Gasteiger partial charge on any atom is -0.352 e. The fourth-order valence-electron chi connectivity index (χ4n) is 3.09. The zero-order valence-electron chi connectivity index (χ0n) is 9.97. The van der Waals surface area contributed by atoms with E-state index in [0.29, 0.717) is 6.54 Å². The van der Waals surface area contributed by atoms with Crippen molar-refractivity contribution in [2.75, 3.05) is 6.54 Å². The molecule has 1 aliphatic carbocycles. The van der Waals surface area contributed by atoms with Gasteiger partial charge in [-0.1, -0.05) is 20.8 Å². The van der Waals surface area contributed by atoms with E-state index in [2.05, 4.69) is 26.1 Å². The van der Waals surface area contributed by atoms with E-state index in [1.165, 1.54) is 0 Å². The summed E-state index contributed by atoms with van der Waals surface area (Å²) in [5.41, 5.74) is 11.3. The third kappa shape index (κ3) is 3.38. The summed E-state index contributed by atoms with van der Waals surface area (Å²) in [6.07, 6.45) is 3.01. The van der Waals surface area contributed by atoms with Gasteiger partial charge in [-0.15, -0.1) is 0 Å². The van der Waals surface area contributed by atoms with Gasteiger partial charge in [-0.2, -0.15) is 0 Å². The van der Waals surface area contributed by atoms with Crippen LogP contribution in [0, 0.1) is 10.8 Å². The molecule has 1 aliphatic rings. The summed E-state index contributed by atoms with van der Waals surface area (Å²) in [6, 6.07) is -0.267. The Balaban J connectivity index is 2.72. The van der Waals surface area contributed by atoms with Crippen molar-refractivity contribution in [3.8, 4) is 0 Å². The van der Waals surface area contributed by atoms with Crippen molar-refractivity contribution >= 4 is 6.03 Å². The van der Waals surface area contributed by atoms with Crippen LogP contribution >= 0.6 is 0 Å². The molecule has 0 aliphatic heterocycles. The van der Waals surface area contributed by atoms with Crippen LogP contribution in [0.15, 0.2) is 0 Å². The van der Waals surface area contributed by atoms with Crippen LogP contribution in [0.5, 0.6) is 0 Å². The predicted octanol–water partition coefficient (Wildman–Crippen LogP) is 1.20. The Kier molecular flexibility index (Phi) is 3.28. The molecule has 15 heavy (non-hydrogen) atoms. The molecule has 5 N–H and O–H groups in total. The molecule has 0 bridgehead atoms. The summed E-state index contributed by atoms with van der Waals surface area (Å²) >= 11 is 0. The summed E-state index contributed by atoms with van der Waals surface area (Å²) in [7, 11) is 0. The molecule has 4 nitrogen and oxygen atoms in total. The van der Waals surface area contributed by atoms with Crippen molar-refractivity contribution in [1.82, 2.24) is 5.32 Å². The Morgan fingerprint density at radius 1 is 1.40 bits per heavy atom. The molecule has 2 amide bonds. The van der Waals surface area contributed by atoms with Crippen molar-refractivity contribution in [3.63, 3.8) is 0 Å². The van der Waals surface area contributed by atoms with Crippen LogP contribution in [0.1, 0.15) is 40.0 Å². The smallest absolute Gasteiger partial charge is 0.312 e. The maximum Gasteiger partial charge on any atom is 0.312 e. The van der Waals surface area contributed by atoms with Crippen LogP contribution in [0.4, 0.5) is 4.79 Å². The predicted molar refractivity (Wildman–Crippen MR) is 61.3 cm³/mol. The van der Waals surface area contributed by atoms with Gasteiger partial charge in [0.1, 0.15) is 0 Å². The first-order valence-electron chi connectivity index (χ1n) is 5.52. The molecule has 0 aromatic carbocycles. The summed E-state index contributed by atoms with van der Waals surface area (Å²) in [5.74, 6) is 0. The van der Waals surface area contributed by atoms with Crippen LogP contribution in [-0.4, -0.2) is 18.6 Å². The highest BCUT2D eigenvalue weighted by atomic mass is 16.2. The number of amides is 2. The standard InChI is InChI=1S/C11H23N3O/c1-10(2)4-8(14-9(13)15)5-11(3,6-10)7-12/h8H,4-7,12H2,1-3H3,(H3,13,14,15). The van der Waals surface area contributed by atoms with E-state index in [4.69, 9.17) is 11.5 Å². The van der Waals surface area contributed by atoms with Gasteiger partial charge < -0.3 is 16.8 Å². The molecule has 0 heterocycles. The Morgan fingerprint density at radius 2 is 2.00 bits per heavy atom. The molecule has 4 heteroatoms. The SMILES string of the molecule is CC1(C)CC(NC(N)=O)CC(C)(CN)C1. The highest BCUT2D eigenvalue weighted by Gasteiger charge is 2.40. The molecule has 0 radical (unpaired) electrons. The van der Waals surface area contributed by atoms with Gasteiger partial charge in [-0.3, -0.25) is 0 Å². The number of urea groups is 1. The number of rotatable bonds is 2. The lowest BCUT2D eigenvalue weighted by molar-refractivity contribution is 0.0809. The highest BCUT2D eigenvalue weighted by molar-refractivity contribution is 5.71. The van der Waals surface area contributed by atoms with Crippen LogP contribution in [0.25, 0.3) is 0 Å². The fourth-order valence-corrected chi connectivity index (χ4v) is 3.09. The van der Waals surface area contributed by atoms with E-state index in [-0.39, 0.29) is 16.9 Å². The summed E-state index contributed by atoms with van der Waals surface area (Å²) < 4.78 is 0. The molecule has 1 saturated carbocycles. The van der Waals surface area contributed by atoms with Crippen molar-refractivity contribution in [2.24, 2.45) is 22.3 Å². The van der Waals surface area contributed by atoms with Crippen molar-refractivity contribution < 1.29 is 4.79 Å². The molecule has 0 saturated heterocycles. The first-order valence-corrected chi connectivity index (χ1v) is 5.52. The maximum absolute atomic E-state index is 10.9. The van der Waals surface area contributed by atoms with E-state index in [9.17, 15) is 4.79 Å². The van der Waals surface area contributed by atoms with Crippen molar-refractivity contribution in [3.05, 3.63) is 0 Å². The molecule has 0 aromatic heterocycles. The van der Waals surface area contributed by atoms with Gasteiger partial charge in [0.05, 0.1) is 0 Å². The second kappa shape index (κ2) is 4.00. The number of hydrogen-bond donors (Lipinski definition) is 3. The van der Waals surface area contributed by atoms with Gasteiger partial charge in [0.2, 0.25) is 0 Å². The van der Waals surface area contributed by atoms with Gasteiger partial charge in [0.15, 0.2) is 0 Å². The molecular formula is C11H23N3O. The molecule has 2 atom stereocenters. The quantitative estimate of drug-likeness (QED) is 0.644. The van der Waals surface area contributed by atoms with Crippen LogP contribution in [0.2, 0.25) is 0 Å². The van der Waals surface area contributed by atoms with Gasteiger partial charge >= 0.3 is 6.03 Å². The summed E-state index contributed by atoms with van der Waals surface area (Å²) in [6.45, 7) is 7.28. The topological polar surface area (TPSA) is 81.1 Å². The zero-order chi connectivity index (χ0) is 11.7. The van der Waals surface area contributed by atoms with E-state index in [0.717, 1.165) is 19.3 Å². The van der Waals surface area contributed by atoms with Crippen molar-refractivity contribution in [1.29, 1.82) is 0 Å². The second-order valence-corrected chi connectivity index (χ2v) is 5.97.